The molecule has 0 saturated heterocycles. The molecule has 3 aromatic carbocycles. The van der Waals surface area contributed by atoms with Crippen molar-refractivity contribution in [2.75, 3.05) is 20.3 Å². The molecule has 6 heteroatoms. The number of fused-ring (bicyclic) bond motifs is 1. The molecule has 0 spiro atoms. The lowest BCUT2D eigenvalue weighted by atomic mass is 9.72. The quantitative estimate of drug-likeness (QED) is 0.381. The summed E-state index contributed by atoms with van der Waals surface area (Å²) in [5, 5.41) is 0. The fraction of sp³-hybridized carbons (Fsp3) is 0.286. The first-order valence-electron chi connectivity index (χ1n) is 11.4. The zero-order chi connectivity index (χ0) is 24.1. The van der Waals surface area contributed by atoms with E-state index in [4.69, 9.17) is 18.9 Å². The zero-order valence-corrected chi connectivity index (χ0v) is 19.6. The summed E-state index contributed by atoms with van der Waals surface area (Å²) in [6, 6.07) is 20.1. The largest absolute Gasteiger partial charge is 0.497 e. The maximum Gasteiger partial charge on any atom is 0.219 e. The van der Waals surface area contributed by atoms with E-state index in [1.807, 2.05) is 56.3 Å². The normalized spacial score (nSPS) is 17.4. The first-order valence-corrected chi connectivity index (χ1v) is 11.4. The summed E-state index contributed by atoms with van der Waals surface area (Å²) >= 11 is 0. The summed E-state index contributed by atoms with van der Waals surface area (Å²) in [5.74, 6) is 1.17. The van der Waals surface area contributed by atoms with Crippen molar-refractivity contribution in [3.05, 3.63) is 83.4 Å². The summed E-state index contributed by atoms with van der Waals surface area (Å²) in [7, 11) is 1.58. The smallest absolute Gasteiger partial charge is 0.219 e. The van der Waals surface area contributed by atoms with Gasteiger partial charge in [0.05, 0.1) is 20.3 Å². The predicted octanol–water partition coefficient (Wildman–Crippen LogP) is 5.34. The number of methoxy groups -OCH3 is 1. The van der Waals surface area contributed by atoms with Gasteiger partial charge in [0.15, 0.2) is 0 Å². The van der Waals surface area contributed by atoms with E-state index in [9.17, 15) is 9.59 Å². The molecule has 1 heterocycles. The van der Waals surface area contributed by atoms with Crippen LogP contribution in [0.1, 0.15) is 47.7 Å². The van der Waals surface area contributed by atoms with E-state index in [0.29, 0.717) is 47.3 Å². The highest BCUT2D eigenvalue weighted by Crippen LogP contribution is 2.54. The Bertz CT molecular complexity index is 1160. The zero-order valence-electron chi connectivity index (χ0n) is 19.6. The average molecular weight is 461 g/mol. The molecule has 0 unspecified atom stereocenters. The number of carbonyl (C=O) groups excluding carboxylic acids is 2. The standard InChI is InChI=1S/C28H28O6/c1-4-32-22-17-24(33-5-2)26-25(18-22)34-28(27(26)30,20-11-13-21(31-3)14-12-20)23(15-16-29)19-9-7-6-8-10-19/h6-14,16-18,23H,4-5,15H2,1-3H3/t23-,28-/m0/s1. The molecule has 0 fully saturated rings. The molecule has 1 aliphatic heterocycles. The van der Waals surface area contributed by atoms with Gasteiger partial charge in [-0.15, -0.1) is 0 Å². The van der Waals surface area contributed by atoms with Crippen LogP contribution in [0.5, 0.6) is 23.0 Å². The third kappa shape index (κ3) is 4.00. The summed E-state index contributed by atoms with van der Waals surface area (Å²) in [4.78, 5) is 26.2. The summed E-state index contributed by atoms with van der Waals surface area (Å²) in [6.45, 7) is 4.58. The van der Waals surface area contributed by atoms with Gasteiger partial charge in [0, 0.05) is 30.0 Å². The highest BCUT2D eigenvalue weighted by molar-refractivity contribution is 6.11. The van der Waals surface area contributed by atoms with Crippen molar-refractivity contribution >= 4 is 12.1 Å². The minimum absolute atomic E-state index is 0.0953. The SMILES string of the molecule is CCOc1cc(OCC)c2c(c1)O[C@@](c1ccc(OC)cc1)([C@@H](CC=O)c1ccccc1)C2=O. The molecule has 0 N–H and O–H groups in total. The molecular formula is C28H28O6. The minimum atomic E-state index is -1.46. The van der Waals surface area contributed by atoms with Crippen LogP contribution in [-0.4, -0.2) is 32.4 Å². The van der Waals surface area contributed by atoms with Gasteiger partial charge >= 0.3 is 0 Å². The fourth-order valence-corrected chi connectivity index (χ4v) is 4.57. The van der Waals surface area contributed by atoms with Crippen LogP contribution in [0.15, 0.2) is 66.7 Å². The number of Topliss-reactive ketones (excluding diaryl/α,β-unsaturated/α-hetero) is 1. The Morgan fingerprint density at radius 3 is 2.26 bits per heavy atom. The molecule has 0 aromatic heterocycles. The number of carbonyl (C=O) groups is 2. The highest BCUT2D eigenvalue weighted by atomic mass is 16.5. The second-order valence-corrected chi connectivity index (χ2v) is 7.92. The van der Waals surface area contributed by atoms with Crippen LogP contribution in [0.3, 0.4) is 0 Å². The Hall–Kier alpha value is -3.80. The van der Waals surface area contributed by atoms with Gasteiger partial charge in [-0.1, -0.05) is 42.5 Å². The van der Waals surface area contributed by atoms with Gasteiger partial charge in [-0.25, -0.2) is 0 Å². The predicted molar refractivity (Wildman–Crippen MR) is 128 cm³/mol. The number of hydrogen-bond acceptors (Lipinski definition) is 6. The minimum Gasteiger partial charge on any atom is -0.497 e. The molecule has 34 heavy (non-hydrogen) atoms. The average Bonchev–Trinajstić information content (AvgIpc) is 3.16. The number of aldehydes is 1. The monoisotopic (exact) mass is 460 g/mol. The Labute approximate surface area is 199 Å². The van der Waals surface area contributed by atoms with E-state index in [-0.39, 0.29) is 12.2 Å². The van der Waals surface area contributed by atoms with Crippen LogP contribution < -0.4 is 18.9 Å². The summed E-state index contributed by atoms with van der Waals surface area (Å²) in [5.41, 5.74) is 0.348. The molecule has 4 rings (SSSR count). The van der Waals surface area contributed by atoms with E-state index in [0.717, 1.165) is 11.8 Å². The molecule has 0 aliphatic carbocycles. The Morgan fingerprint density at radius 2 is 1.65 bits per heavy atom. The van der Waals surface area contributed by atoms with Crippen molar-refractivity contribution in [1.29, 1.82) is 0 Å². The van der Waals surface area contributed by atoms with Crippen LogP contribution >= 0.6 is 0 Å². The van der Waals surface area contributed by atoms with Gasteiger partial charge in [-0.3, -0.25) is 4.79 Å². The van der Waals surface area contributed by atoms with E-state index >= 15 is 0 Å². The number of hydrogen-bond donors (Lipinski definition) is 0. The number of ether oxygens (including phenoxy) is 4. The summed E-state index contributed by atoms with van der Waals surface area (Å²) < 4.78 is 23.5. The van der Waals surface area contributed by atoms with E-state index in [1.54, 1.807) is 31.4 Å². The molecule has 1 aliphatic rings. The second-order valence-electron chi connectivity index (χ2n) is 7.92. The van der Waals surface area contributed by atoms with Crippen LogP contribution in [0.4, 0.5) is 0 Å². The lowest BCUT2D eigenvalue weighted by Gasteiger charge is -2.35. The molecule has 0 bridgehead atoms. The number of rotatable bonds is 10. The molecule has 0 amide bonds. The molecule has 0 radical (unpaired) electrons. The van der Waals surface area contributed by atoms with Gasteiger partial charge < -0.3 is 23.7 Å². The Kier molecular flexibility index (Phi) is 6.87. The third-order valence-electron chi connectivity index (χ3n) is 6.03. The molecule has 6 nitrogen and oxygen atoms in total. The van der Waals surface area contributed by atoms with E-state index in [1.165, 1.54) is 0 Å². The lowest BCUT2D eigenvalue weighted by molar-refractivity contribution is -0.109. The molecular weight excluding hydrogens is 432 g/mol. The van der Waals surface area contributed by atoms with Gasteiger partial charge in [-0.05, 0) is 31.5 Å². The van der Waals surface area contributed by atoms with Crippen LogP contribution in [-0.2, 0) is 10.4 Å². The van der Waals surface area contributed by atoms with Crippen molar-refractivity contribution in [2.45, 2.75) is 31.8 Å². The number of ketones is 1. The fourth-order valence-electron chi connectivity index (χ4n) is 4.57. The van der Waals surface area contributed by atoms with Crippen LogP contribution in [0.25, 0.3) is 0 Å². The summed E-state index contributed by atoms with van der Waals surface area (Å²) in [6.07, 6.45) is 0.926. The van der Waals surface area contributed by atoms with Crippen molar-refractivity contribution in [3.63, 3.8) is 0 Å². The van der Waals surface area contributed by atoms with E-state index < -0.39 is 11.5 Å². The Morgan fingerprint density at radius 1 is 0.941 bits per heavy atom. The van der Waals surface area contributed by atoms with E-state index in [2.05, 4.69) is 0 Å². The third-order valence-corrected chi connectivity index (χ3v) is 6.03. The second kappa shape index (κ2) is 10.00. The van der Waals surface area contributed by atoms with Crippen LogP contribution in [0.2, 0.25) is 0 Å². The molecule has 176 valence electrons. The highest BCUT2D eigenvalue weighted by Gasteiger charge is 2.56. The van der Waals surface area contributed by atoms with Crippen molar-refractivity contribution < 1.29 is 28.5 Å². The molecule has 0 saturated carbocycles. The van der Waals surface area contributed by atoms with Gasteiger partial charge in [-0.2, -0.15) is 0 Å². The van der Waals surface area contributed by atoms with Crippen molar-refractivity contribution in [1.82, 2.24) is 0 Å². The topological polar surface area (TPSA) is 71.1 Å². The first-order chi connectivity index (χ1) is 16.6. The van der Waals surface area contributed by atoms with Gasteiger partial charge in [0.25, 0.3) is 0 Å². The van der Waals surface area contributed by atoms with Gasteiger partial charge in [0.1, 0.15) is 34.8 Å². The first kappa shape index (κ1) is 23.4. The maximum atomic E-state index is 14.3. The number of benzene rings is 3. The molecule has 2 atom stereocenters. The van der Waals surface area contributed by atoms with Gasteiger partial charge in [0.2, 0.25) is 11.4 Å². The Balaban J connectivity index is 1.96. The van der Waals surface area contributed by atoms with Crippen molar-refractivity contribution in [2.24, 2.45) is 0 Å². The molecule has 3 aromatic rings. The maximum absolute atomic E-state index is 14.3. The van der Waals surface area contributed by atoms with Crippen molar-refractivity contribution in [3.8, 4) is 23.0 Å². The van der Waals surface area contributed by atoms with Crippen LogP contribution in [0, 0.1) is 0 Å². The lowest BCUT2D eigenvalue weighted by Crippen LogP contribution is -2.43.